The van der Waals surface area contributed by atoms with Crippen molar-refractivity contribution in [1.29, 1.82) is 0 Å². The lowest BCUT2D eigenvalue weighted by atomic mass is 10.1. The second kappa shape index (κ2) is 9.39. The number of amides is 1. The van der Waals surface area contributed by atoms with E-state index in [4.69, 9.17) is 9.15 Å². The van der Waals surface area contributed by atoms with Crippen LogP contribution < -0.4 is 10.1 Å². The number of Topliss-reactive ketones (excluding diaryl/α,β-unsaturated/α-hetero) is 1. The quantitative estimate of drug-likeness (QED) is 0.389. The Morgan fingerprint density at radius 3 is 2.53 bits per heavy atom. The summed E-state index contributed by atoms with van der Waals surface area (Å²) in [5.74, 6) is 0.266. The SMILES string of the molecule is Cc1cc(C(=O)COc2cccc(NC(=O)c3ccco3)c2)c(C)n1Cc1ccccc1. The Kier molecular flexibility index (Phi) is 6.22. The van der Waals surface area contributed by atoms with E-state index >= 15 is 0 Å². The number of aryl methyl sites for hydroxylation is 1. The van der Waals surface area contributed by atoms with Gasteiger partial charge in [0.25, 0.3) is 5.91 Å². The van der Waals surface area contributed by atoms with E-state index in [2.05, 4.69) is 22.0 Å². The Balaban J connectivity index is 1.41. The summed E-state index contributed by atoms with van der Waals surface area (Å²) in [6.45, 7) is 4.57. The predicted molar refractivity (Wildman–Crippen MR) is 122 cm³/mol. The van der Waals surface area contributed by atoms with Crippen molar-refractivity contribution < 1.29 is 18.7 Å². The van der Waals surface area contributed by atoms with E-state index in [-0.39, 0.29) is 24.1 Å². The van der Waals surface area contributed by atoms with E-state index in [9.17, 15) is 9.59 Å². The number of carbonyl (C=O) groups excluding carboxylic acids is 2. The standard InChI is InChI=1S/C26H24N2O4/c1-18-14-23(19(2)28(18)16-20-8-4-3-5-9-20)24(29)17-32-22-11-6-10-21(15-22)27-26(30)25-12-7-13-31-25/h3-15H,16-17H2,1-2H3,(H,27,30). The number of ketones is 1. The van der Waals surface area contributed by atoms with E-state index in [1.165, 1.54) is 11.8 Å². The molecule has 6 nitrogen and oxygen atoms in total. The maximum atomic E-state index is 12.9. The number of carbonyl (C=O) groups is 2. The van der Waals surface area contributed by atoms with Gasteiger partial charge in [0.05, 0.1) is 6.26 Å². The van der Waals surface area contributed by atoms with Gasteiger partial charge >= 0.3 is 0 Å². The van der Waals surface area contributed by atoms with Crippen LogP contribution in [-0.2, 0) is 6.54 Å². The van der Waals surface area contributed by atoms with Gasteiger partial charge in [0.2, 0.25) is 5.78 Å². The average Bonchev–Trinajstić information content (AvgIpc) is 3.43. The van der Waals surface area contributed by atoms with Gasteiger partial charge in [-0.3, -0.25) is 9.59 Å². The average molecular weight is 428 g/mol. The van der Waals surface area contributed by atoms with E-state index in [1.807, 2.05) is 38.1 Å². The minimum atomic E-state index is -0.353. The number of nitrogens with one attached hydrogen (secondary N) is 1. The van der Waals surface area contributed by atoms with Crippen LogP contribution >= 0.6 is 0 Å². The zero-order valence-electron chi connectivity index (χ0n) is 18.0. The molecule has 0 radical (unpaired) electrons. The number of aromatic nitrogens is 1. The van der Waals surface area contributed by atoms with Crippen LogP contribution in [0.1, 0.15) is 37.9 Å². The molecule has 2 aromatic carbocycles. The highest BCUT2D eigenvalue weighted by Crippen LogP contribution is 2.21. The van der Waals surface area contributed by atoms with Crippen molar-refractivity contribution in [1.82, 2.24) is 4.57 Å². The Labute approximate surface area is 186 Å². The van der Waals surface area contributed by atoms with Crippen molar-refractivity contribution in [3.8, 4) is 5.75 Å². The summed E-state index contributed by atoms with van der Waals surface area (Å²) >= 11 is 0. The Hall–Kier alpha value is -4.06. The van der Waals surface area contributed by atoms with Gasteiger partial charge in [0.1, 0.15) is 5.75 Å². The third-order valence-electron chi connectivity index (χ3n) is 5.26. The van der Waals surface area contributed by atoms with Crippen LogP contribution in [0.2, 0.25) is 0 Å². The summed E-state index contributed by atoms with van der Waals surface area (Å²) in [6, 6.07) is 22.2. The highest BCUT2D eigenvalue weighted by Gasteiger charge is 2.17. The number of anilines is 1. The van der Waals surface area contributed by atoms with Crippen LogP contribution in [0.4, 0.5) is 5.69 Å². The van der Waals surface area contributed by atoms with Crippen molar-refractivity contribution in [3.63, 3.8) is 0 Å². The second-order valence-electron chi connectivity index (χ2n) is 7.53. The van der Waals surface area contributed by atoms with Crippen molar-refractivity contribution in [3.05, 3.63) is 107 Å². The van der Waals surface area contributed by atoms with E-state index < -0.39 is 0 Å². The van der Waals surface area contributed by atoms with Gasteiger partial charge in [-0.05, 0) is 49.7 Å². The smallest absolute Gasteiger partial charge is 0.291 e. The lowest BCUT2D eigenvalue weighted by Crippen LogP contribution is -2.14. The van der Waals surface area contributed by atoms with E-state index in [0.29, 0.717) is 23.5 Å². The maximum Gasteiger partial charge on any atom is 0.291 e. The van der Waals surface area contributed by atoms with Crippen molar-refractivity contribution in [2.45, 2.75) is 20.4 Å². The molecule has 2 heterocycles. The molecule has 162 valence electrons. The molecule has 0 aliphatic heterocycles. The number of hydrogen-bond acceptors (Lipinski definition) is 4. The van der Waals surface area contributed by atoms with Crippen LogP contribution in [0, 0.1) is 13.8 Å². The molecular formula is C26H24N2O4. The Morgan fingerprint density at radius 1 is 0.969 bits per heavy atom. The summed E-state index contributed by atoms with van der Waals surface area (Å²) in [5, 5.41) is 2.75. The normalized spacial score (nSPS) is 10.7. The molecule has 1 amide bonds. The fraction of sp³-hybridized carbons (Fsp3) is 0.154. The van der Waals surface area contributed by atoms with E-state index in [1.54, 1.807) is 36.4 Å². The molecule has 4 rings (SSSR count). The molecule has 0 bridgehead atoms. The van der Waals surface area contributed by atoms with Crippen molar-refractivity contribution in [2.75, 3.05) is 11.9 Å². The minimum Gasteiger partial charge on any atom is -0.485 e. The van der Waals surface area contributed by atoms with Crippen molar-refractivity contribution >= 4 is 17.4 Å². The summed E-state index contributed by atoms with van der Waals surface area (Å²) in [6.07, 6.45) is 1.44. The highest BCUT2D eigenvalue weighted by atomic mass is 16.5. The lowest BCUT2D eigenvalue weighted by Gasteiger charge is -2.10. The minimum absolute atomic E-state index is 0.0920. The monoisotopic (exact) mass is 428 g/mol. The molecule has 0 unspecified atom stereocenters. The molecule has 0 spiro atoms. The van der Waals surface area contributed by atoms with Gasteiger partial charge in [-0.25, -0.2) is 0 Å². The first-order valence-electron chi connectivity index (χ1n) is 10.3. The van der Waals surface area contributed by atoms with E-state index in [0.717, 1.165) is 11.4 Å². The van der Waals surface area contributed by atoms with Crippen LogP contribution in [0.15, 0.2) is 83.5 Å². The third kappa shape index (κ3) is 4.81. The lowest BCUT2D eigenvalue weighted by molar-refractivity contribution is 0.0920. The molecule has 0 saturated carbocycles. The third-order valence-corrected chi connectivity index (χ3v) is 5.26. The van der Waals surface area contributed by atoms with Crippen LogP contribution in [-0.4, -0.2) is 22.9 Å². The predicted octanol–water partition coefficient (Wildman–Crippen LogP) is 5.26. The van der Waals surface area contributed by atoms with Crippen LogP contribution in [0.5, 0.6) is 5.75 Å². The summed E-state index contributed by atoms with van der Waals surface area (Å²) in [5.41, 5.74) is 4.33. The van der Waals surface area contributed by atoms with Gasteiger partial charge in [-0.15, -0.1) is 0 Å². The zero-order valence-corrected chi connectivity index (χ0v) is 18.0. The van der Waals surface area contributed by atoms with Crippen molar-refractivity contribution in [2.24, 2.45) is 0 Å². The van der Waals surface area contributed by atoms with Gasteiger partial charge in [0, 0.05) is 35.2 Å². The molecule has 0 aliphatic rings. The number of nitrogens with zero attached hydrogens (tertiary/aromatic N) is 1. The summed E-state index contributed by atoms with van der Waals surface area (Å²) in [4.78, 5) is 25.0. The first kappa shape index (κ1) is 21.2. The molecule has 0 fully saturated rings. The highest BCUT2D eigenvalue weighted by molar-refractivity contribution is 6.02. The molecule has 0 atom stereocenters. The van der Waals surface area contributed by atoms with Crippen LogP contribution in [0.3, 0.4) is 0 Å². The van der Waals surface area contributed by atoms with Gasteiger partial charge in [-0.1, -0.05) is 36.4 Å². The number of hydrogen-bond donors (Lipinski definition) is 1. The molecule has 2 aromatic heterocycles. The molecule has 0 saturated heterocycles. The molecule has 0 aliphatic carbocycles. The molecule has 6 heteroatoms. The number of benzene rings is 2. The molecule has 1 N–H and O–H groups in total. The first-order chi connectivity index (χ1) is 15.5. The summed E-state index contributed by atoms with van der Waals surface area (Å²) in [7, 11) is 0. The maximum absolute atomic E-state index is 12.9. The largest absolute Gasteiger partial charge is 0.485 e. The Morgan fingerprint density at radius 2 is 1.78 bits per heavy atom. The fourth-order valence-electron chi connectivity index (χ4n) is 3.58. The van der Waals surface area contributed by atoms with Crippen LogP contribution in [0.25, 0.3) is 0 Å². The van der Waals surface area contributed by atoms with Gasteiger partial charge in [-0.2, -0.15) is 0 Å². The number of furan rings is 1. The molecular weight excluding hydrogens is 404 g/mol. The molecule has 32 heavy (non-hydrogen) atoms. The topological polar surface area (TPSA) is 73.5 Å². The van der Waals surface area contributed by atoms with Gasteiger partial charge < -0.3 is 19.0 Å². The molecule has 4 aromatic rings. The zero-order chi connectivity index (χ0) is 22.5. The second-order valence-corrected chi connectivity index (χ2v) is 7.53. The van der Waals surface area contributed by atoms with Gasteiger partial charge in [0.15, 0.2) is 12.4 Å². The number of rotatable bonds is 8. The first-order valence-corrected chi connectivity index (χ1v) is 10.3. The number of ether oxygens (including phenoxy) is 1. The summed E-state index contributed by atoms with van der Waals surface area (Å²) < 4.78 is 13.0. The Bertz CT molecular complexity index is 1220. The fourth-order valence-corrected chi connectivity index (χ4v) is 3.58.